The van der Waals surface area contributed by atoms with Crippen LogP contribution in [0, 0.1) is 5.92 Å². The molecule has 28 heavy (non-hydrogen) atoms. The number of fused-ring (bicyclic) bond motifs is 1. The molecule has 1 aliphatic carbocycles. The number of halogens is 2. The molecule has 0 radical (unpaired) electrons. The van der Waals surface area contributed by atoms with Crippen LogP contribution in [0.15, 0.2) is 41.0 Å². The summed E-state index contributed by atoms with van der Waals surface area (Å²) in [6.07, 6.45) is 3.30. The molecule has 0 saturated heterocycles. The molecule has 0 spiro atoms. The lowest BCUT2D eigenvalue weighted by atomic mass is 9.72. The summed E-state index contributed by atoms with van der Waals surface area (Å²) in [5, 5.41) is 15.0. The van der Waals surface area contributed by atoms with Crippen molar-refractivity contribution in [2.45, 2.75) is 31.9 Å². The van der Waals surface area contributed by atoms with E-state index in [0.29, 0.717) is 23.3 Å². The van der Waals surface area contributed by atoms with Gasteiger partial charge in [0.2, 0.25) is 0 Å². The zero-order chi connectivity index (χ0) is 19.9. The minimum absolute atomic E-state index is 0.411. The molecule has 3 aromatic rings. The molecule has 4 rings (SSSR count). The van der Waals surface area contributed by atoms with Crippen LogP contribution >= 0.6 is 27.5 Å². The SMILES string of the molecule is COc1ccc(CN(C[C@H]2C[C@@](C)(O)C2)c2cc(Cl)nc3c(Br)cnn23)cc1. The predicted octanol–water partition coefficient (Wildman–Crippen LogP) is 4.32. The molecule has 1 aliphatic rings. The second-order valence-electron chi connectivity index (χ2n) is 7.66. The number of rotatable bonds is 6. The lowest BCUT2D eigenvalue weighted by Gasteiger charge is -2.43. The first kappa shape index (κ1) is 19.5. The lowest BCUT2D eigenvalue weighted by Crippen LogP contribution is -2.46. The maximum absolute atomic E-state index is 10.1. The molecule has 0 unspecified atom stereocenters. The standard InChI is InChI=1S/C20H22BrClN4O2/c1-20(27)8-14(9-20)12-25(11-13-3-5-15(28-2)6-4-13)18-7-17(22)24-19-16(21)10-23-26(18)19/h3-7,10,14,27H,8-9,11-12H2,1-2H3/t14-,20+. The van der Waals surface area contributed by atoms with Crippen LogP contribution in [-0.4, -0.2) is 39.0 Å². The van der Waals surface area contributed by atoms with E-state index in [9.17, 15) is 5.11 Å². The summed E-state index contributed by atoms with van der Waals surface area (Å²) in [4.78, 5) is 6.63. The maximum atomic E-state index is 10.1. The van der Waals surface area contributed by atoms with Crippen LogP contribution in [0.1, 0.15) is 25.3 Å². The van der Waals surface area contributed by atoms with E-state index in [2.05, 4.69) is 43.0 Å². The Morgan fingerprint density at radius 1 is 1.36 bits per heavy atom. The van der Waals surface area contributed by atoms with E-state index in [0.717, 1.165) is 41.0 Å². The Morgan fingerprint density at radius 3 is 2.71 bits per heavy atom. The van der Waals surface area contributed by atoms with Gasteiger partial charge in [0.1, 0.15) is 16.7 Å². The highest BCUT2D eigenvalue weighted by Crippen LogP contribution is 2.39. The summed E-state index contributed by atoms with van der Waals surface area (Å²) < 4.78 is 7.86. The van der Waals surface area contributed by atoms with Crippen LogP contribution in [0.5, 0.6) is 5.75 Å². The lowest BCUT2D eigenvalue weighted by molar-refractivity contribution is -0.0542. The van der Waals surface area contributed by atoms with Gasteiger partial charge in [-0.1, -0.05) is 23.7 Å². The fourth-order valence-electron chi connectivity index (χ4n) is 3.93. The third-order valence-corrected chi connectivity index (χ3v) is 5.92. The van der Waals surface area contributed by atoms with Crippen LogP contribution < -0.4 is 9.64 Å². The maximum Gasteiger partial charge on any atom is 0.173 e. The molecular formula is C20H22BrClN4O2. The van der Waals surface area contributed by atoms with Gasteiger partial charge in [0.25, 0.3) is 0 Å². The van der Waals surface area contributed by atoms with Crippen molar-refractivity contribution in [2.24, 2.45) is 5.92 Å². The van der Waals surface area contributed by atoms with Crippen molar-refractivity contribution in [1.82, 2.24) is 14.6 Å². The molecule has 1 aromatic carbocycles. The fraction of sp³-hybridized carbons (Fsp3) is 0.400. The third-order valence-electron chi connectivity index (χ3n) is 5.17. The smallest absolute Gasteiger partial charge is 0.173 e. The van der Waals surface area contributed by atoms with Crippen LogP contribution in [0.3, 0.4) is 0 Å². The summed E-state index contributed by atoms with van der Waals surface area (Å²) in [6.45, 7) is 3.38. The summed E-state index contributed by atoms with van der Waals surface area (Å²) in [5.74, 6) is 2.12. The summed E-state index contributed by atoms with van der Waals surface area (Å²) in [7, 11) is 1.66. The van der Waals surface area contributed by atoms with Crippen LogP contribution in [0.25, 0.3) is 5.65 Å². The largest absolute Gasteiger partial charge is 0.497 e. The molecule has 1 fully saturated rings. The predicted molar refractivity (Wildman–Crippen MR) is 113 cm³/mol. The normalized spacial score (nSPS) is 21.5. The Morgan fingerprint density at radius 2 is 2.07 bits per heavy atom. The number of ether oxygens (including phenoxy) is 1. The molecular weight excluding hydrogens is 444 g/mol. The van der Waals surface area contributed by atoms with Crippen LogP contribution in [0.2, 0.25) is 5.15 Å². The second kappa shape index (κ2) is 7.54. The summed E-state index contributed by atoms with van der Waals surface area (Å²) in [5.41, 5.74) is 1.28. The number of anilines is 1. The topological polar surface area (TPSA) is 62.9 Å². The zero-order valence-electron chi connectivity index (χ0n) is 15.8. The van der Waals surface area contributed by atoms with Gasteiger partial charge in [-0.15, -0.1) is 0 Å². The monoisotopic (exact) mass is 464 g/mol. The Kier molecular flexibility index (Phi) is 5.24. The number of methoxy groups -OCH3 is 1. The van der Waals surface area contributed by atoms with Crippen molar-refractivity contribution in [3.05, 3.63) is 51.7 Å². The number of hydrogen-bond acceptors (Lipinski definition) is 5. The van der Waals surface area contributed by atoms with Gasteiger partial charge in [0, 0.05) is 19.2 Å². The molecule has 2 aromatic heterocycles. The van der Waals surface area contributed by atoms with Crippen molar-refractivity contribution >= 4 is 39.0 Å². The molecule has 1 saturated carbocycles. The second-order valence-corrected chi connectivity index (χ2v) is 8.91. The van der Waals surface area contributed by atoms with Crippen LogP contribution in [-0.2, 0) is 6.54 Å². The highest BCUT2D eigenvalue weighted by atomic mass is 79.9. The Balaban J connectivity index is 1.68. The van der Waals surface area contributed by atoms with E-state index in [-0.39, 0.29) is 0 Å². The van der Waals surface area contributed by atoms with Crippen molar-refractivity contribution in [3.8, 4) is 5.75 Å². The molecule has 0 atom stereocenters. The molecule has 6 nitrogen and oxygen atoms in total. The van der Waals surface area contributed by atoms with Gasteiger partial charge < -0.3 is 14.7 Å². The molecule has 0 bridgehead atoms. The van der Waals surface area contributed by atoms with Gasteiger partial charge in [0.15, 0.2) is 5.65 Å². The first-order valence-corrected chi connectivity index (χ1v) is 10.3. The van der Waals surface area contributed by atoms with Crippen LogP contribution in [0.4, 0.5) is 5.82 Å². The average molecular weight is 466 g/mol. The molecule has 8 heteroatoms. The highest BCUT2D eigenvalue weighted by Gasteiger charge is 2.39. The number of benzene rings is 1. The van der Waals surface area contributed by atoms with Gasteiger partial charge in [-0.2, -0.15) is 9.61 Å². The van der Waals surface area contributed by atoms with Crippen molar-refractivity contribution < 1.29 is 9.84 Å². The van der Waals surface area contributed by atoms with Gasteiger partial charge in [-0.25, -0.2) is 4.98 Å². The number of hydrogen-bond donors (Lipinski definition) is 1. The van der Waals surface area contributed by atoms with Crippen molar-refractivity contribution in [3.63, 3.8) is 0 Å². The fourth-order valence-corrected chi connectivity index (χ4v) is 4.46. The molecule has 148 valence electrons. The van der Waals surface area contributed by atoms with E-state index in [1.807, 2.05) is 25.1 Å². The Labute approximate surface area is 177 Å². The van der Waals surface area contributed by atoms with Gasteiger partial charge in [0.05, 0.1) is 23.4 Å². The molecule has 1 N–H and O–H groups in total. The first-order chi connectivity index (χ1) is 13.3. The quantitative estimate of drug-likeness (QED) is 0.549. The Hall–Kier alpha value is -1.83. The van der Waals surface area contributed by atoms with E-state index in [4.69, 9.17) is 16.3 Å². The van der Waals surface area contributed by atoms with E-state index in [1.54, 1.807) is 17.8 Å². The highest BCUT2D eigenvalue weighted by molar-refractivity contribution is 9.10. The van der Waals surface area contributed by atoms with Crippen molar-refractivity contribution in [2.75, 3.05) is 18.6 Å². The number of aromatic nitrogens is 3. The van der Waals surface area contributed by atoms with Crippen molar-refractivity contribution in [1.29, 1.82) is 0 Å². The van der Waals surface area contributed by atoms with Gasteiger partial charge in [-0.3, -0.25) is 0 Å². The zero-order valence-corrected chi connectivity index (χ0v) is 18.1. The van der Waals surface area contributed by atoms with E-state index >= 15 is 0 Å². The molecule has 0 amide bonds. The summed E-state index contributed by atoms with van der Waals surface area (Å²) >= 11 is 9.80. The Bertz CT molecular complexity index is 982. The minimum atomic E-state index is -0.559. The molecule has 2 heterocycles. The first-order valence-electron chi connectivity index (χ1n) is 9.15. The number of nitrogens with zero attached hydrogens (tertiary/aromatic N) is 4. The third kappa shape index (κ3) is 3.97. The van der Waals surface area contributed by atoms with Gasteiger partial charge >= 0.3 is 0 Å². The number of aliphatic hydroxyl groups is 1. The minimum Gasteiger partial charge on any atom is -0.497 e. The molecule has 0 aliphatic heterocycles. The van der Waals surface area contributed by atoms with E-state index in [1.165, 1.54) is 0 Å². The van der Waals surface area contributed by atoms with E-state index < -0.39 is 5.60 Å². The van der Waals surface area contributed by atoms with Gasteiger partial charge in [-0.05, 0) is 59.3 Å². The average Bonchev–Trinajstić information content (AvgIpc) is 3.00. The summed E-state index contributed by atoms with van der Waals surface area (Å²) in [6, 6.07) is 9.88.